The molecule has 0 unspecified atom stereocenters. The van der Waals surface area contributed by atoms with Gasteiger partial charge in [0.1, 0.15) is 11.6 Å². The first-order chi connectivity index (χ1) is 8.04. The van der Waals surface area contributed by atoms with Gasteiger partial charge in [0.05, 0.1) is 6.07 Å². The second-order valence-corrected chi connectivity index (χ2v) is 3.79. The third-order valence-electron chi connectivity index (χ3n) is 2.30. The van der Waals surface area contributed by atoms with E-state index in [1.807, 2.05) is 6.92 Å². The van der Waals surface area contributed by atoms with Crippen LogP contribution in [0.3, 0.4) is 0 Å². The summed E-state index contributed by atoms with van der Waals surface area (Å²) in [4.78, 5) is 17.8. The number of aromatic nitrogens is 2. The van der Waals surface area contributed by atoms with Gasteiger partial charge in [-0.05, 0) is 37.6 Å². The van der Waals surface area contributed by atoms with Crippen LogP contribution in [-0.4, -0.2) is 9.97 Å². The number of hydrogen-bond acceptors (Lipinski definition) is 4. The summed E-state index contributed by atoms with van der Waals surface area (Å²) in [5.41, 5.74) is 7.09. The average Bonchev–Trinajstić information content (AvgIpc) is 2.22. The highest BCUT2D eigenvalue weighted by Gasteiger charge is 2.02. The molecule has 1 heterocycles. The number of nitrogen functional groups attached to an aromatic ring is 1. The van der Waals surface area contributed by atoms with E-state index in [4.69, 9.17) is 10.5 Å². The van der Waals surface area contributed by atoms with Crippen LogP contribution in [0.2, 0.25) is 0 Å². The Kier molecular flexibility index (Phi) is 2.82. The number of H-pyrrole nitrogens is 1. The van der Waals surface area contributed by atoms with Gasteiger partial charge < -0.3 is 15.5 Å². The van der Waals surface area contributed by atoms with Crippen molar-refractivity contribution in [3.05, 3.63) is 46.0 Å². The zero-order valence-electron chi connectivity index (χ0n) is 9.65. The molecule has 88 valence electrons. The van der Waals surface area contributed by atoms with Crippen LogP contribution in [0.25, 0.3) is 0 Å². The maximum Gasteiger partial charge on any atom is 0.254 e. The molecule has 0 atom stereocenters. The molecule has 2 aromatic rings. The Balaban J connectivity index is 2.31. The first kappa shape index (κ1) is 11.2. The summed E-state index contributed by atoms with van der Waals surface area (Å²) in [7, 11) is 0. The van der Waals surface area contributed by atoms with Crippen LogP contribution < -0.4 is 16.0 Å². The molecular weight excluding hydrogens is 218 g/mol. The summed E-state index contributed by atoms with van der Waals surface area (Å²) < 4.78 is 5.49. The van der Waals surface area contributed by atoms with Crippen molar-refractivity contribution in [1.29, 1.82) is 0 Å². The lowest BCUT2D eigenvalue weighted by molar-refractivity contribution is 0.458. The summed E-state index contributed by atoms with van der Waals surface area (Å²) in [6.45, 7) is 3.58. The highest BCUT2D eigenvalue weighted by atomic mass is 16.5. The average molecular weight is 231 g/mol. The maximum atomic E-state index is 11.2. The number of hydrogen-bond donors (Lipinski definition) is 2. The van der Waals surface area contributed by atoms with E-state index >= 15 is 0 Å². The number of nitrogens with zero attached hydrogens (tertiary/aromatic N) is 1. The molecule has 2 rings (SSSR count). The van der Waals surface area contributed by atoms with Crippen molar-refractivity contribution in [3.63, 3.8) is 0 Å². The maximum absolute atomic E-state index is 11.2. The number of nitrogens with two attached hydrogens (primary N) is 1. The lowest BCUT2D eigenvalue weighted by Gasteiger charge is -2.06. The number of aryl methyl sites for hydroxylation is 2. The van der Waals surface area contributed by atoms with Gasteiger partial charge in [0.25, 0.3) is 5.56 Å². The molecule has 5 heteroatoms. The van der Waals surface area contributed by atoms with Gasteiger partial charge in [0.15, 0.2) is 0 Å². The first-order valence-electron chi connectivity index (χ1n) is 5.16. The largest absolute Gasteiger partial charge is 0.439 e. The number of aromatic amines is 1. The molecule has 0 aliphatic heterocycles. The number of rotatable bonds is 2. The van der Waals surface area contributed by atoms with E-state index in [9.17, 15) is 4.79 Å². The van der Waals surface area contributed by atoms with Crippen molar-refractivity contribution in [1.82, 2.24) is 9.97 Å². The van der Waals surface area contributed by atoms with Crippen LogP contribution in [0, 0.1) is 13.8 Å². The zero-order chi connectivity index (χ0) is 12.4. The molecule has 0 bridgehead atoms. The number of ether oxygens (including phenoxy) is 1. The molecule has 1 aromatic carbocycles. The summed E-state index contributed by atoms with van der Waals surface area (Å²) in [5.74, 6) is 1.39. The Morgan fingerprint density at radius 2 is 2.06 bits per heavy atom. The zero-order valence-corrected chi connectivity index (χ0v) is 9.65. The molecule has 0 aliphatic rings. The third-order valence-corrected chi connectivity index (χ3v) is 2.30. The van der Waals surface area contributed by atoms with E-state index in [-0.39, 0.29) is 11.4 Å². The fraction of sp³-hybridized carbons (Fsp3) is 0.167. The second-order valence-electron chi connectivity index (χ2n) is 3.79. The van der Waals surface area contributed by atoms with Crippen molar-refractivity contribution < 1.29 is 4.74 Å². The van der Waals surface area contributed by atoms with Crippen LogP contribution >= 0.6 is 0 Å². The molecular formula is C12H13N3O2. The number of nitrogens with one attached hydrogen (secondary N) is 1. The van der Waals surface area contributed by atoms with E-state index in [1.165, 1.54) is 6.07 Å². The topological polar surface area (TPSA) is 81.0 Å². The molecule has 1 aromatic heterocycles. The van der Waals surface area contributed by atoms with Crippen LogP contribution in [0.1, 0.15) is 11.4 Å². The Bertz CT molecular complexity index is 605. The fourth-order valence-electron chi connectivity index (χ4n) is 1.44. The quantitative estimate of drug-likeness (QED) is 0.772. The van der Waals surface area contributed by atoms with Gasteiger partial charge in [-0.2, -0.15) is 0 Å². The minimum absolute atomic E-state index is 0.236. The minimum Gasteiger partial charge on any atom is -0.439 e. The van der Waals surface area contributed by atoms with Crippen LogP contribution in [0.4, 0.5) is 5.69 Å². The molecule has 5 nitrogen and oxygen atoms in total. The van der Waals surface area contributed by atoms with Crippen molar-refractivity contribution in [2.45, 2.75) is 13.8 Å². The Labute approximate surface area is 98.3 Å². The van der Waals surface area contributed by atoms with Crippen molar-refractivity contribution in [2.75, 3.05) is 5.73 Å². The summed E-state index contributed by atoms with van der Waals surface area (Å²) >= 11 is 0. The van der Waals surface area contributed by atoms with E-state index in [2.05, 4.69) is 9.97 Å². The van der Waals surface area contributed by atoms with Gasteiger partial charge in [0, 0.05) is 5.69 Å². The summed E-state index contributed by atoms with van der Waals surface area (Å²) in [5, 5.41) is 0. The molecule has 0 amide bonds. The van der Waals surface area contributed by atoms with Gasteiger partial charge in [0.2, 0.25) is 5.88 Å². The standard InChI is InChI=1S/C12H13N3O2/c1-7-5-9(3-4-10(7)13)17-12-6-11(16)14-8(2)15-12/h3-6H,13H2,1-2H3,(H,14,15,16). The fourth-order valence-corrected chi connectivity index (χ4v) is 1.44. The summed E-state index contributed by atoms with van der Waals surface area (Å²) in [6.07, 6.45) is 0. The van der Waals surface area contributed by atoms with E-state index in [0.29, 0.717) is 17.3 Å². The van der Waals surface area contributed by atoms with E-state index < -0.39 is 0 Å². The van der Waals surface area contributed by atoms with Gasteiger partial charge in [-0.3, -0.25) is 4.79 Å². The van der Waals surface area contributed by atoms with Crippen LogP contribution in [-0.2, 0) is 0 Å². The Morgan fingerprint density at radius 3 is 2.71 bits per heavy atom. The molecule has 0 fully saturated rings. The molecule has 0 saturated carbocycles. The van der Waals surface area contributed by atoms with Crippen molar-refractivity contribution >= 4 is 5.69 Å². The summed E-state index contributed by atoms with van der Waals surface area (Å²) in [6, 6.07) is 6.59. The van der Waals surface area contributed by atoms with Crippen LogP contribution in [0.5, 0.6) is 11.6 Å². The third kappa shape index (κ3) is 2.63. The number of benzene rings is 1. The minimum atomic E-state index is -0.236. The SMILES string of the molecule is Cc1nc(Oc2ccc(N)c(C)c2)cc(=O)[nH]1. The number of anilines is 1. The predicted molar refractivity (Wildman–Crippen MR) is 65.3 cm³/mol. The van der Waals surface area contributed by atoms with Gasteiger partial charge in [-0.1, -0.05) is 0 Å². The monoisotopic (exact) mass is 231 g/mol. The molecule has 17 heavy (non-hydrogen) atoms. The highest BCUT2D eigenvalue weighted by molar-refractivity contribution is 5.50. The highest BCUT2D eigenvalue weighted by Crippen LogP contribution is 2.22. The Hall–Kier alpha value is -2.30. The van der Waals surface area contributed by atoms with Crippen molar-refractivity contribution in [3.8, 4) is 11.6 Å². The smallest absolute Gasteiger partial charge is 0.254 e. The molecule has 0 aliphatic carbocycles. The molecule has 0 saturated heterocycles. The van der Waals surface area contributed by atoms with Gasteiger partial charge in [-0.25, -0.2) is 4.98 Å². The molecule has 3 N–H and O–H groups in total. The normalized spacial score (nSPS) is 10.2. The predicted octanol–water partition coefficient (Wildman–Crippen LogP) is 1.76. The Morgan fingerprint density at radius 1 is 1.29 bits per heavy atom. The van der Waals surface area contributed by atoms with Gasteiger partial charge >= 0.3 is 0 Å². The van der Waals surface area contributed by atoms with E-state index in [0.717, 1.165) is 5.56 Å². The van der Waals surface area contributed by atoms with Gasteiger partial charge in [-0.15, -0.1) is 0 Å². The molecule has 0 radical (unpaired) electrons. The van der Waals surface area contributed by atoms with Crippen molar-refractivity contribution in [2.24, 2.45) is 0 Å². The lowest BCUT2D eigenvalue weighted by Crippen LogP contribution is -2.08. The second kappa shape index (κ2) is 4.29. The lowest BCUT2D eigenvalue weighted by atomic mass is 10.2. The van der Waals surface area contributed by atoms with E-state index in [1.54, 1.807) is 25.1 Å². The molecule has 0 spiro atoms. The van der Waals surface area contributed by atoms with Crippen LogP contribution in [0.15, 0.2) is 29.1 Å². The first-order valence-corrected chi connectivity index (χ1v) is 5.16.